The number of nitrogens with one attached hydrogen (secondary N) is 3. The van der Waals surface area contributed by atoms with Gasteiger partial charge in [0.25, 0.3) is 0 Å². The number of carbonyl (C=O) groups is 1. The number of nitrogens with zero attached hydrogens (tertiary/aromatic N) is 1. The number of hydrogen-bond donors (Lipinski definition) is 3. The number of para-hydroxylation sites is 1. The van der Waals surface area contributed by atoms with Crippen molar-refractivity contribution >= 4 is 12.1 Å². The Bertz CT molecular complexity index is 617. The van der Waals surface area contributed by atoms with Crippen molar-refractivity contribution in [2.75, 3.05) is 26.3 Å². The molecule has 1 saturated carbocycles. The molecule has 150 valence electrons. The van der Waals surface area contributed by atoms with Crippen LogP contribution >= 0.6 is 0 Å². The number of ether oxygens (including phenoxy) is 2. The molecule has 1 fully saturated rings. The molecule has 0 bridgehead atoms. The lowest BCUT2D eigenvalue weighted by molar-refractivity contribution is 0.146. The van der Waals surface area contributed by atoms with Crippen LogP contribution in [-0.4, -0.2) is 44.4 Å². The molecule has 0 aromatic heterocycles. The molecule has 7 heteroatoms. The number of aliphatic imine (C=N–C) groups is 1. The van der Waals surface area contributed by atoms with Crippen LogP contribution in [-0.2, 0) is 11.3 Å². The molecule has 0 aliphatic heterocycles. The highest BCUT2D eigenvalue weighted by molar-refractivity contribution is 5.80. The molecule has 0 radical (unpaired) electrons. The van der Waals surface area contributed by atoms with Crippen LogP contribution in [0.2, 0.25) is 0 Å². The summed E-state index contributed by atoms with van der Waals surface area (Å²) in [7, 11) is 0. The molecule has 2 rings (SSSR count). The molecule has 0 heterocycles. The second kappa shape index (κ2) is 11.3. The zero-order valence-corrected chi connectivity index (χ0v) is 16.6. The van der Waals surface area contributed by atoms with E-state index in [9.17, 15) is 4.79 Å². The van der Waals surface area contributed by atoms with E-state index in [1.54, 1.807) is 6.92 Å². The fraction of sp³-hybridized carbons (Fsp3) is 0.600. The van der Waals surface area contributed by atoms with Gasteiger partial charge in [0.2, 0.25) is 0 Å². The molecular formula is C20H32N4O3. The predicted octanol–water partition coefficient (Wildman–Crippen LogP) is 2.67. The minimum absolute atomic E-state index is 0.0450. The molecule has 1 atom stereocenters. The fourth-order valence-corrected chi connectivity index (χ4v) is 2.80. The Morgan fingerprint density at radius 2 is 1.96 bits per heavy atom. The van der Waals surface area contributed by atoms with Gasteiger partial charge in [-0.2, -0.15) is 0 Å². The zero-order chi connectivity index (χ0) is 19.5. The average molecular weight is 377 g/mol. The monoisotopic (exact) mass is 376 g/mol. The number of guanidine groups is 1. The summed E-state index contributed by atoms with van der Waals surface area (Å²) in [6, 6.07) is 7.97. The maximum absolute atomic E-state index is 11.7. The van der Waals surface area contributed by atoms with Gasteiger partial charge in [0.05, 0.1) is 25.8 Å². The molecule has 27 heavy (non-hydrogen) atoms. The van der Waals surface area contributed by atoms with E-state index >= 15 is 0 Å². The van der Waals surface area contributed by atoms with Crippen LogP contribution < -0.4 is 20.7 Å². The SMILES string of the molecule is CCNC(=NCc1ccccc1OCC)NCC(NC(=O)OCC)C1CC1. The van der Waals surface area contributed by atoms with E-state index in [0.29, 0.717) is 32.2 Å². The Morgan fingerprint density at radius 3 is 2.63 bits per heavy atom. The van der Waals surface area contributed by atoms with Crippen LogP contribution in [0.3, 0.4) is 0 Å². The van der Waals surface area contributed by atoms with E-state index in [1.807, 2.05) is 38.1 Å². The van der Waals surface area contributed by atoms with E-state index in [1.165, 1.54) is 0 Å². The van der Waals surface area contributed by atoms with E-state index in [2.05, 4.69) is 20.9 Å². The van der Waals surface area contributed by atoms with Crippen LogP contribution in [0.4, 0.5) is 4.79 Å². The first-order chi connectivity index (χ1) is 13.2. The van der Waals surface area contributed by atoms with E-state index in [-0.39, 0.29) is 12.1 Å². The van der Waals surface area contributed by atoms with E-state index in [4.69, 9.17) is 9.47 Å². The number of benzene rings is 1. The third kappa shape index (κ3) is 7.37. The summed E-state index contributed by atoms with van der Waals surface area (Å²) in [6.45, 7) is 8.70. The maximum Gasteiger partial charge on any atom is 0.407 e. The predicted molar refractivity (Wildman–Crippen MR) is 107 cm³/mol. The van der Waals surface area contributed by atoms with Crippen molar-refractivity contribution in [1.82, 2.24) is 16.0 Å². The highest BCUT2D eigenvalue weighted by Crippen LogP contribution is 2.32. The van der Waals surface area contributed by atoms with Crippen molar-refractivity contribution in [2.45, 2.75) is 46.2 Å². The first-order valence-electron chi connectivity index (χ1n) is 9.84. The van der Waals surface area contributed by atoms with Gasteiger partial charge in [-0.15, -0.1) is 0 Å². The maximum atomic E-state index is 11.7. The highest BCUT2D eigenvalue weighted by Gasteiger charge is 2.32. The summed E-state index contributed by atoms with van der Waals surface area (Å²) >= 11 is 0. The Balaban J connectivity index is 1.95. The van der Waals surface area contributed by atoms with Gasteiger partial charge in [0, 0.05) is 18.7 Å². The first kappa shape index (κ1) is 20.9. The average Bonchev–Trinajstić information content (AvgIpc) is 3.49. The van der Waals surface area contributed by atoms with Crippen LogP contribution in [0.15, 0.2) is 29.3 Å². The summed E-state index contributed by atoms with van der Waals surface area (Å²) < 4.78 is 10.7. The molecule has 3 N–H and O–H groups in total. The lowest BCUT2D eigenvalue weighted by atomic mass is 10.2. The van der Waals surface area contributed by atoms with Gasteiger partial charge in [-0.25, -0.2) is 9.79 Å². The second-order valence-electron chi connectivity index (χ2n) is 6.43. The van der Waals surface area contributed by atoms with Crippen LogP contribution in [0, 0.1) is 5.92 Å². The van der Waals surface area contributed by atoms with Crippen molar-refractivity contribution < 1.29 is 14.3 Å². The van der Waals surface area contributed by atoms with E-state index in [0.717, 1.165) is 36.7 Å². The topological polar surface area (TPSA) is 84.0 Å². The number of hydrogen-bond acceptors (Lipinski definition) is 4. The van der Waals surface area contributed by atoms with Gasteiger partial charge in [0.15, 0.2) is 5.96 Å². The molecule has 1 aromatic rings. The minimum Gasteiger partial charge on any atom is -0.494 e. The third-order valence-electron chi connectivity index (χ3n) is 4.28. The Hall–Kier alpha value is -2.44. The molecule has 1 amide bonds. The third-order valence-corrected chi connectivity index (χ3v) is 4.28. The van der Waals surface area contributed by atoms with Crippen molar-refractivity contribution in [3.8, 4) is 5.75 Å². The summed E-state index contributed by atoms with van der Waals surface area (Å²) in [6.07, 6.45) is 1.91. The number of alkyl carbamates (subject to hydrolysis) is 1. The lowest BCUT2D eigenvalue weighted by Crippen LogP contribution is -2.48. The molecule has 0 spiro atoms. The number of amides is 1. The highest BCUT2D eigenvalue weighted by atomic mass is 16.5. The normalized spacial score (nSPS) is 15.0. The van der Waals surface area contributed by atoms with Crippen molar-refractivity contribution in [3.05, 3.63) is 29.8 Å². The summed E-state index contributed by atoms with van der Waals surface area (Å²) in [5.74, 6) is 2.09. The number of rotatable bonds is 10. The van der Waals surface area contributed by atoms with Gasteiger partial charge >= 0.3 is 6.09 Å². The molecule has 0 saturated heterocycles. The minimum atomic E-state index is -0.358. The standard InChI is InChI=1S/C20H32N4O3/c1-4-21-19(22-13-16-9-7-8-10-18(16)26-5-2)23-14-17(15-11-12-15)24-20(25)27-6-3/h7-10,15,17H,4-6,11-14H2,1-3H3,(H,24,25)(H2,21,22,23). The summed E-state index contributed by atoms with van der Waals surface area (Å²) in [4.78, 5) is 16.4. The zero-order valence-electron chi connectivity index (χ0n) is 16.6. The Morgan fingerprint density at radius 1 is 1.19 bits per heavy atom. The smallest absolute Gasteiger partial charge is 0.407 e. The van der Waals surface area contributed by atoms with Gasteiger partial charge in [-0.05, 0) is 45.6 Å². The van der Waals surface area contributed by atoms with E-state index < -0.39 is 0 Å². The van der Waals surface area contributed by atoms with Crippen molar-refractivity contribution in [1.29, 1.82) is 0 Å². The lowest BCUT2D eigenvalue weighted by Gasteiger charge is -2.20. The largest absolute Gasteiger partial charge is 0.494 e. The fourth-order valence-electron chi connectivity index (χ4n) is 2.80. The molecular weight excluding hydrogens is 344 g/mol. The molecule has 1 aliphatic carbocycles. The number of carbonyl (C=O) groups excluding carboxylic acids is 1. The molecule has 1 aliphatic rings. The second-order valence-corrected chi connectivity index (χ2v) is 6.43. The quantitative estimate of drug-likeness (QED) is 0.432. The summed E-state index contributed by atoms with van der Waals surface area (Å²) in [5.41, 5.74) is 1.04. The van der Waals surface area contributed by atoms with Gasteiger partial charge < -0.3 is 25.4 Å². The Labute approximate surface area is 161 Å². The van der Waals surface area contributed by atoms with Crippen molar-refractivity contribution in [2.24, 2.45) is 10.9 Å². The van der Waals surface area contributed by atoms with Crippen LogP contribution in [0.1, 0.15) is 39.2 Å². The van der Waals surface area contributed by atoms with Gasteiger partial charge in [-0.1, -0.05) is 18.2 Å². The first-order valence-corrected chi connectivity index (χ1v) is 9.84. The Kier molecular flexibility index (Phi) is 8.74. The molecule has 7 nitrogen and oxygen atoms in total. The van der Waals surface area contributed by atoms with Crippen LogP contribution in [0.25, 0.3) is 0 Å². The summed E-state index contributed by atoms with van der Waals surface area (Å²) in [5, 5.41) is 9.54. The van der Waals surface area contributed by atoms with Crippen molar-refractivity contribution in [3.63, 3.8) is 0 Å². The van der Waals surface area contributed by atoms with Gasteiger partial charge in [0.1, 0.15) is 5.75 Å². The molecule has 1 unspecified atom stereocenters. The van der Waals surface area contributed by atoms with Crippen LogP contribution in [0.5, 0.6) is 5.75 Å². The molecule has 1 aromatic carbocycles. The van der Waals surface area contributed by atoms with Gasteiger partial charge in [-0.3, -0.25) is 0 Å².